The molecule has 1 aromatic rings. The van der Waals surface area contributed by atoms with Gasteiger partial charge in [0.05, 0.1) is 4.90 Å². The van der Waals surface area contributed by atoms with Gasteiger partial charge in [0, 0.05) is 18.4 Å². The van der Waals surface area contributed by atoms with E-state index in [4.69, 9.17) is 0 Å². The number of halogens is 1. The minimum atomic E-state index is -3.36. The van der Waals surface area contributed by atoms with Gasteiger partial charge in [-0.25, -0.2) is 8.42 Å². The Labute approximate surface area is 112 Å². The molecule has 0 aliphatic rings. The topological polar surface area (TPSA) is 37.4 Å². The van der Waals surface area contributed by atoms with Crippen LogP contribution in [0.4, 0.5) is 0 Å². The van der Waals surface area contributed by atoms with Crippen molar-refractivity contribution in [2.45, 2.75) is 25.7 Å². The van der Waals surface area contributed by atoms with E-state index in [9.17, 15) is 8.42 Å². The van der Waals surface area contributed by atoms with Crippen molar-refractivity contribution in [3.63, 3.8) is 0 Å². The Morgan fingerprint density at radius 2 is 1.94 bits per heavy atom. The molecule has 0 unspecified atom stereocenters. The van der Waals surface area contributed by atoms with Gasteiger partial charge >= 0.3 is 0 Å². The van der Waals surface area contributed by atoms with Crippen LogP contribution < -0.4 is 0 Å². The van der Waals surface area contributed by atoms with Crippen LogP contribution in [0.5, 0.6) is 0 Å². The fourth-order valence-corrected chi connectivity index (χ4v) is 4.09. The molecule has 3 nitrogen and oxygen atoms in total. The zero-order valence-corrected chi connectivity index (χ0v) is 12.8. The molecule has 0 heterocycles. The minimum absolute atomic E-state index is 0.408. The van der Waals surface area contributed by atoms with E-state index < -0.39 is 10.0 Å². The Balaban J connectivity index is 3.20. The van der Waals surface area contributed by atoms with Crippen molar-refractivity contribution in [1.29, 1.82) is 0 Å². The van der Waals surface area contributed by atoms with E-state index in [1.54, 1.807) is 6.07 Å². The van der Waals surface area contributed by atoms with E-state index in [2.05, 4.69) is 15.9 Å². The summed E-state index contributed by atoms with van der Waals surface area (Å²) in [6.07, 6.45) is 0. The van der Waals surface area contributed by atoms with Crippen molar-refractivity contribution >= 4 is 26.0 Å². The van der Waals surface area contributed by atoms with Gasteiger partial charge in [-0.15, -0.1) is 0 Å². The first-order chi connectivity index (χ1) is 7.93. The molecule has 5 heteroatoms. The van der Waals surface area contributed by atoms with Gasteiger partial charge in [0.2, 0.25) is 10.0 Å². The van der Waals surface area contributed by atoms with Gasteiger partial charge < -0.3 is 0 Å². The quantitative estimate of drug-likeness (QED) is 0.782. The number of alkyl halides is 1. The summed E-state index contributed by atoms with van der Waals surface area (Å²) in [7, 11) is -3.36. The molecule has 0 amide bonds. The van der Waals surface area contributed by atoms with Crippen molar-refractivity contribution in [2.75, 3.05) is 18.4 Å². The molecular formula is C12H18BrNO2S. The van der Waals surface area contributed by atoms with E-state index in [0.717, 1.165) is 11.1 Å². The van der Waals surface area contributed by atoms with Crippen LogP contribution >= 0.6 is 15.9 Å². The zero-order chi connectivity index (χ0) is 13.1. The summed E-state index contributed by atoms with van der Waals surface area (Å²) >= 11 is 3.28. The van der Waals surface area contributed by atoms with Crippen LogP contribution in [-0.4, -0.2) is 31.1 Å². The standard InChI is InChI=1S/C12H18BrNO2S/c1-4-14(8-7-13)17(15,16)12-6-5-10(2)9-11(12)3/h5-6,9H,4,7-8H2,1-3H3. The SMILES string of the molecule is CCN(CCBr)S(=O)(=O)c1ccc(C)cc1C. The number of rotatable bonds is 5. The molecule has 0 spiro atoms. The monoisotopic (exact) mass is 319 g/mol. The Morgan fingerprint density at radius 3 is 2.41 bits per heavy atom. The maximum atomic E-state index is 12.4. The molecule has 17 heavy (non-hydrogen) atoms. The van der Waals surface area contributed by atoms with E-state index >= 15 is 0 Å². The van der Waals surface area contributed by atoms with Crippen LogP contribution in [0.3, 0.4) is 0 Å². The number of sulfonamides is 1. The first-order valence-electron chi connectivity index (χ1n) is 5.56. The van der Waals surface area contributed by atoms with Crippen molar-refractivity contribution < 1.29 is 8.42 Å². The van der Waals surface area contributed by atoms with Gasteiger partial charge in [0.15, 0.2) is 0 Å². The van der Waals surface area contributed by atoms with E-state index in [1.165, 1.54) is 4.31 Å². The lowest BCUT2D eigenvalue weighted by Gasteiger charge is -2.20. The summed E-state index contributed by atoms with van der Waals surface area (Å²) in [5.41, 5.74) is 1.88. The first kappa shape index (κ1) is 14.7. The Kier molecular flexibility index (Phi) is 5.16. The van der Waals surface area contributed by atoms with E-state index in [1.807, 2.05) is 32.9 Å². The molecule has 1 aromatic carbocycles. The molecule has 0 aromatic heterocycles. The highest BCUT2D eigenvalue weighted by Crippen LogP contribution is 2.20. The molecule has 0 fully saturated rings. The third kappa shape index (κ3) is 3.30. The maximum Gasteiger partial charge on any atom is 0.243 e. The van der Waals surface area contributed by atoms with Crippen LogP contribution in [0.25, 0.3) is 0 Å². The van der Waals surface area contributed by atoms with Gasteiger partial charge in [-0.05, 0) is 25.5 Å². The number of hydrogen-bond donors (Lipinski definition) is 0. The lowest BCUT2D eigenvalue weighted by Crippen LogP contribution is -2.33. The Morgan fingerprint density at radius 1 is 1.29 bits per heavy atom. The van der Waals surface area contributed by atoms with Crippen molar-refractivity contribution in [2.24, 2.45) is 0 Å². The fraction of sp³-hybridized carbons (Fsp3) is 0.500. The minimum Gasteiger partial charge on any atom is -0.207 e. The van der Waals surface area contributed by atoms with Crippen LogP contribution in [0, 0.1) is 13.8 Å². The average Bonchev–Trinajstić information content (AvgIpc) is 2.24. The molecule has 0 saturated carbocycles. The van der Waals surface area contributed by atoms with Gasteiger partial charge in [-0.3, -0.25) is 0 Å². The summed E-state index contributed by atoms with van der Waals surface area (Å²) in [6.45, 7) is 6.62. The molecular weight excluding hydrogens is 302 g/mol. The van der Waals surface area contributed by atoms with Gasteiger partial charge in [0.1, 0.15) is 0 Å². The molecule has 0 radical (unpaired) electrons. The molecule has 0 aliphatic carbocycles. The highest BCUT2D eigenvalue weighted by Gasteiger charge is 2.23. The number of benzene rings is 1. The highest BCUT2D eigenvalue weighted by molar-refractivity contribution is 9.09. The fourth-order valence-electron chi connectivity index (χ4n) is 1.77. The summed E-state index contributed by atoms with van der Waals surface area (Å²) in [5, 5.41) is 0.644. The molecule has 0 N–H and O–H groups in total. The third-order valence-electron chi connectivity index (χ3n) is 2.63. The molecule has 1 rings (SSSR count). The lowest BCUT2D eigenvalue weighted by molar-refractivity contribution is 0.448. The molecule has 0 atom stereocenters. The Hall–Kier alpha value is -0.390. The van der Waals surface area contributed by atoms with Gasteiger partial charge in [0.25, 0.3) is 0 Å². The molecule has 96 valence electrons. The van der Waals surface area contributed by atoms with Crippen molar-refractivity contribution in [1.82, 2.24) is 4.31 Å². The Bertz CT molecular complexity index is 485. The predicted molar refractivity (Wildman–Crippen MR) is 74.1 cm³/mol. The van der Waals surface area contributed by atoms with Crippen LogP contribution in [0.2, 0.25) is 0 Å². The van der Waals surface area contributed by atoms with E-state index in [-0.39, 0.29) is 0 Å². The van der Waals surface area contributed by atoms with Gasteiger partial charge in [-0.2, -0.15) is 4.31 Å². The summed E-state index contributed by atoms with van der Waals surface area (Å²) in [5.74, 6) is 0. The zero-order valence-electron chi connectivity index (χ0n) is 10.4. The second-order valence-electron chi connectivity index (χ2n) is 3.95. The predicted octanol–water partition coefficient (Wildman–Crippen LogP) is 2.71. The first-order valence-corrected chi connectivity index (χ1v) is 8.13. The largest absolute Gasteiger partial charge is 0.243 e. The lowest BCUT2D eigenvalue weighted by atomic mass is 10.2. The number of nitrogens with zero attached hydrogens (tertiary/aromatic N) is 1. The molecule has 0 aliphatic heterocycles. The second kappa shape index (κ2) is 5.98. The van der Waals surface area contributed by atoms with E-state index in [0.29, 0.717) is 23.3 Å². The average molecular weight is 320 g/mol. The molecule has 0 saturated heterocycles. The number of aryl methyl sites for hydroxylation is 2. The smallest absolute Gasteiger partial charge is 0.207 e. The summed E-state index contributed by atoms with van der Waals surface area (Å²) < 4.78 is 26.3. The van der Waals surface area contributed by atoms with Crippen molar-refractivity contribution in [3.8, 4) is 0 Å². The van der Waals surface area contributed by atoms with Crippen molar-refractivity contribution in [3.05, 3.63) is 29.3 Å². The van der Waals surface area contributed by atoms with Crippen LogP contribution in [-0.2, 0) is 10.0 Å². The maximum absolute atomic E-state index is 12.4. The van der Waals surface area contributed by atoms with Crippen LogP contribution in [0.1, 0.15) is 18.1 Å². The molecule has 0 bridgehead atoms. The summed E-state index contributed by atoms with van der Waals surface area (Å²) in [6, 6.07) is 5.42. The van der Waals surface area contributed by atoms with Gasteiger partial charge in [-0.1, -0.05) is 40.5 Å². The normalized spacial score (nSPS) is 12.1. The van der Waals surface area contributed by atoms with Crippen LogP contribution in [0.15, 0.2) is 23.1 Å². The third-order valence-corrected chi connectivity index (χ3v) is 5.12. The highest BCUT2D eigenvalue weighted by atomic mass is 79.9. The summed E-state index contributed by atoms with van der Waals surface area (Å²) in [4.78, 5) is 0.408. The second-order valence-corrected chi connectivity index (χ2v) is 6.65. The number of hydrogen-bond acceptors (Lipinski definition) is 2.